The van der Waals surface area contributed by atoms with E-state index in [0.29, 0.717) is 17.5 Å². The van der Waals surface area contributed by atoms with Crippen LogP contribution < -0.4 is 21.7 Å². The Balaban J connectivity index is 1.46. The highest BCUT2D eigenvalue weighted by atomic mass is 19.1. The maximum Gasteiger partial charge on any atom is 0.276 e. The van der Waals surface area contributed by atoms with Crippen LogP contribution >= 0.6 is 0 Å². The Morgan fingerprint density at radius 1 is 1.06 bits per heavy atom. The number of imidazole rings is 1. The molecule has 2 fully saturated rings. The number of halogens is 1. The van der Waals surface area contributed by atoms with Crippen LogP contribution in [0, 0.1) is 5.82 Å². The van der Waals surface area contributed by atoms with Crippen molar-refractivity contribution in [2.75, 3.05) is 16.0 Å². The predicted octanol–water partition coefficient (Wildman–Crippen LogP) is 3.16. The Morgan fingerprint density at radius 3 is 2.56 bits per heavy atom. The second-order valence-electron chi connectivity index (χ2n) is 8.66. The maximum atomic E-state index is 14.0. The summed E-state index contributed by atoms with van der Waals surface area (Å²) in [5.41, 5.74) is 7.71. The molecule has 3 aromatic rings. The quantitative estimate of drug-likeness (QED) is 0.466. The summed E-state index contributed by atoms with van der Waals surface area (Å²) < 4.78 is 15.5. The summed E-state index contributed by atoms with van der Waals surface area (Å²) in [7, 11) is 0. The first-order valence-corrected chi connectivity index (χ1v) is 11.1. The summed E-state index contributed by atoms with van der Waals surface area (Å²) in [5, 5.41) is 14.3. The minimum atomic E-state index is -0.604. The molecule has 2 saturated carbocycles. The molecule has 5 rings (SSSR count). The molecule has 0 aliphatic heterocycles. The number of nitrogens with two attached hydrogens (primary N) is 1. The third-order valence-corrected chi connectivity index (χ3v) is 6.31. The molecular formula is C22H27FN8O. The first kappa shape index (κ1) is 20.6. The summed E-state index contributed by atoms with van der Waals surface area (Å²) in [6.45, 7) is 0. The van der Waals surface area contributed by atoms with Crippen molar-refractivity contribution in [3.05, 3.63) is 42.2 Å². The van der Waals surface area contributed by atoms with E-state index in [9.17, 15) is 9.18 Å². The van der Waals surface area contributed by atoms with Gasteiger partial charge in [-0.15, -0.1) is 5.10 Å². The first-order chi connectivity index (χ1) is 15.6. The van der Waals surface area contributed by atoms with E-state index in [1.165, 1.54) is 29.4 Å². The average molecular weight is 439 g/mol. The highest BCUT2D eigenvalue weighted by Crippen LogP contribution is 2.29. The fourth-order valence-corrected chi connectivity index (χ4v) is 4.21. The van der Waals surface area contributed by atoms with Crippen LogP contribution in [-0.2, 0) is 0 Å². The molecule has 0 unspecified atom stereocenters. The van der Waals surface area contributed by atoms with E-state index >= 15 is 0 Å². The van der Waals surface area contributed by atoms with Gasteiger partial charge in [0.1, 0.15) is 5.82 Å². The lowest BCUT2D eigenvalue weighted by molar-refractivity contribution is 0.102. The molecule has 9 nitrogen and oxygen atoms in total. The van der Waals surface area contributed by atoms with E-state index in [4.69, 9.17) is 5.73 Å². The lowest BCUT2D eigenvalue weighted by Gasteiger charge is -2.29. The van der Waals surface area contributed by atoms with Crippen LogP contribution in [0.4, 0.5) is 21.6 Å². The van der Waals surface area contributed by atoms with Crippen LogP contribution in [0.15, 0.2) is 30.7 Å². The molecular weight excluding hydrogens is 411 g/mol. The van der Waals surface area contributed by atoms with Gasteiger partial charge in [0.15, 0.2) is 17.2 Å². The van der Waals surface area contributed by atoms with Crippen molar-refractivity contribution in [1.82, 2.24) is 19.6 Å². The van der Waals surface area contributed by atoms with Crippen LogP contribution in [-0.4, -0.2) is 43.6 Å². The van der Waals surface area contributed by atoms with Gasteiger partial charge in [0.05, 0.1) is 23.8 Å². The number of amides is 1. The van der Waals surface area contributed by atoms with E-state index in [0.717, 1.165) is 50.4 Å². The smallest absolute Gasteiger partial charge is 0.276 e. The maximum absolute atomic E-state index is 14.0. The van der Waals surface area contributed by atoms with Crippen molar-refractivity contribution in [3.63, 3.8) is 0 Å². The largest absolute Gasteiger partial charge is 0.379 e. The molecule has 32 heavy (non-hydrogen) atoms. The van der Waals surface area contributed by atoms with Crippen molar-refractivity contribution >= 4 is 28.7 Å². The Hall–Kier alpha value is -3.27. The Labute approximate surface area is 185 Å². The predicted molar refractivity (Wildman–Crippen MR) is 120 cm³/mol. The summed E-state index contributed by atoms with van der Waals surface area (Å²) in [6.07, 6.45) is 11.3. The third kappa shape index (κ3) is 4.22. The number of carbonyl (C=O) groups excluding carboxylic acids is 1. The summed E-state index contributed by atoms with van der Waals surface area (Å²) >= 11 is 0. The van der Waals surface area contributed by atoms with Gasteiger partial charge in [0.2, 0.25) is 0 Å². The van der Waals surface area contributed by atoms with Crippen LogP contribution in [0.25, 0.3) is 5.65 Å². The van der Waals surface area contributed by atoms with Crippen molar-refractivity contribution in [1.29, 1.82) is 0 Å². The molecule has 0 atom stereocenters. The Morgan fingerprint density at radius 2 is 1.84 bits per heavy atom. The molecule has 3 heterocycles. The summed E-state index contributed by atoms with van der Waals surface area (Å²) in [6, 6.07) is 4.30. The van der Waals surface area contributed by atoms with Gasteiger partial charge >= 0.3 is 0 Å². The number of hydrogen-bond donors (Lipinski definition) is 4. The van der Waals surface area contributed by atoms with Gasteiger partial charge in [-0.3, -0.25) is 9.78 Å². The van der Waals surface area contributed by atoms with Gasteiger partial charge in [0.25, 0.3) is 5.91 Å². The van der Waals surface area contributed by atoms with Gasteiger partial charge in [-0.1, -0.05) is 0 Å². The van der Waals surface area contributed by atoms with E-state index in [1.807, 2.05) is 6.07 Å². The molecule has 10 heteroatoms. The average Bonchev–Trinajstić information content (AvgIpc) is 3.18. The lowest BCUT2D eigenvalue weighted by Crippen LogP contribution is -2.33. The minimum absolute atomic E-state index is 0.0561. The zero-order valence-corrected chi connectivity index (χ0v) is 17.7. The second kappa shape index (κ2) is 8.70. The summed E-state index contributed by atoms with van der Waals surface area (Å²) in [4.78, 5) is 21.1. The highest BCUT2D eigenvalue weighted by Gasteiger charge is 2.24. The molecule has 0 aromatic carbocycles. The molecule has 0 radical (unpaired) electrons. The molecule has 0 spiro atoms. The van der Waals surface area contributed by atoms with Crippen LogP contribution in [0.2, 0.25) is 0 Å². The van der Waals surface area contributed by atoms with Crippen molar-refractivity contribution in [2.45, 2.75) is 63.1 Å². The number of fused-ring (bicyclic) bond motifs is 1. The van der Waals surface area contributed by atoms with E-state index in [1.54, 1.807) is 0 Å². The minimum Gasteiger partial charge on any atom is -0.379 e. The molecule has 2 aliphatic carbocycles. The van der Waals surface area contributed by atoms with Crippen LogP contribution in [0.1, 0.15) is 55.4 Å². The molecule has 0 saturated heterocycles. The molecule has 2 aliphatic rings. The fourth-order valence-electron chi connectivity index (χ4n) is 4.21. The number of aromatic nitrogens is 4. The SMILES string of the molecule is NC1CCC(Nc2cc(NC3CCC3)c3ncc(C(=O)Nc4ccncc4F)n3n2)CC1. The number of rotatable bonds is 6. The summed E-state index contributed by atoms with van der Waals surface area (Å²) in [5.74, 6) is -0.430. The number of nitrogens with zero attached hydrogens (tertiary/aromatic N) is 4. The van der Waals surface area contributed by atoms with E-state index in [2.05, 4.69) is 31.0 Å². The van der Waals surface area contributed by atoms with E-state index in [-0.39, 0.29) is 23.5 Å². The zero-order valence-electron chi connectivity index (χ0n) is 17.7. The van der Waals surface area contributed by atoms with Gasteiger partial charge in [-0.05, 0) is 51.0 Å². The topological polar surface area (TPSA) is 122 Å². The highest BCUT2D eigenvalue weighted by molar-refractivity contribution is 6.03. The molecule has 3 aromatic heterocycles. The van der Waals surface area contributed by atoms with Crippen molar-refractivity contribution < 1.29 is 9.18 Å². The standard InChI is InChI=1S/C22H27FN8O/c23-16-11-25-9-8-17(16)29-22(32)19-12-26-21-18(27-14-2-1-3-14)10-20(30-31(19)21)28-15-6-4-13(24)5-7-15/h8-15,27H,1-7,24H2,(H,28,30)(H,25,29,32). The number of hydrogen-bond acceptors (Lipinski definition) is 7. The lowest BCUT2D eigenvalue weighted by atomic mass is 9.92. The normalized spacial score (nSPS) is 21.2. The number of pyridine rings is 1. The number of nitrogens with one attached hydrogen (secondary N) is 3. The van der Waals surface area contributed by atoms with Gasteiger partial charge < -0.3 is 21.7 Å². The third-order valence-electron chi connectivity index (χ3n) is 6.31. The Bertz CT molecular complexity index is 1120. The van der Waals surface area contributed by atoms with Gasteiger partial charge in [0, 0.05) is 30.4 Å². The molecule has 168 valence electrons. The van der Waals surface area contributed by atoms with Crippen LogP contribution in [0.3, 0.4) is 0 Å². The van der Waals surface area contributed by atoms with Crippen molar-refractivity contribution in [3.8, 4) is 0 Å². The van der Waals surface area contributed by atoms with Crippen molar-refractivity contribution in [2.24, 2.45) is 5.73 Å². The number of anilines is 3. The fraction of sp³-hybridized carbons (Fsp3) is 0.455. The van der Waals surface area contributed by atoms with E-state index < -0.39 is 11.7 Å². The second-order valence-corrected chi connectivity index (χ2v) is 8.66. The first-order valence-electron chi connectivity index (χ1n) is 11.1. The van der Waals surface area contributed by atoms with Crippen LogP contribution in [0.5, 0.6) is 0 Å². The number of carbonyl (C=O) groups is 1. The molecule has 5 N–H and O–H groups in total. The molecule has 1 amide bonds. The zero-order chi connectivity index (χ0) is 22.1. The van der Waals surface area contributed by atoms with Gasteiger partial charge in [-0.2, -0.15) is 0 Å². The molecule has 0 bridgehead atoms. The Kier molecular flexibility index (Phi) is 5.60. The van der Waals surface area contributed by atoms with Gasteiger partial charge in [-0.25, -0.2) is 13.9 Å². The monoisotopic (exact) mass is 438 g/mol.